The second-order valence-electron chi connectivity index (χ2n) is 12.9. The number of nitrogens with zero attached hydrogens (tertiary/aromatic N) is 1. The van der Waals surface area contributed by atoms with Gasteiger partial charge in [-0.15, -0.1) is 10.1 Å². The number of hydrogen-bond donors (Lipinski definition) is 0. The van der Waals surface area contributed by atoms with Crippen molar-refractivity contribution in [2.75, 3.05) is 99.6 Å². The fraction of sp³-hybridized carbons (Fsp3) is 0.750. The van der Waals surface area contributed by atoms with Crippen molar-refractivity contribution in [3.05, 3.63) is 45.0 Å². The first-order chi connectivity index (χ1) is 24.2. The largest absolute Gasteiger partial charge is 0.487 e. The standard InChI is InChI=1S/C36H57NO13/c1-28-9-10-31-30(24-28)35-32(25-29(26-33(35)50-36(31,2)3)8-6-5-7-11-48-37(39)40)49-34(38)27-47-23-22-46-21-20-45-19-18-44-17-16-43-15-14-42-13-12-41-4/h9,25-26,30-31H,5-8,10-24,27H2,1-4H3/t30-,31-/m1/s1. The molecule has 1 aliphatic carbocycles. The molecule has 0 fully saturated rings. The molecule has 0 saturated heterocycles. The van der Waals surface area contributed by atoms with Crippen LogP contribution in [0.25, 0.3) is 0 Å². The van der Waals surface area contributed by atoms with Crippen LogP contribution in [0.5, 0.6) is 11.5 Å². The quantitative estimate of drug-likeness (QED) is 0.0291. The zero-order chi connectivity index (χ0) is 36.0. The second-order valence-corrected chi connectivity index (χ2v) is 12.9. The van der Waals surface area contributed by atoms with Crippen molar-refractivity contribution in [1.82, 2.24) is 0 Å². The van der Waals surface area contributed by atoms with E-state index in [9.17, 15) is 14.9 Å². The van der Waals surface area contributed by atoms with Crippen LogP contribution in [0.1, 0.15) is 69.9 Å². The molecular weight excluding hydrogens is 654 g/mol. The van der Waals surface area contributed by atoms with Crippen LogP contribution < -0.4 is 9.47 Å². The van der Waals surface area contributed by atoms with Crippen LogP contribution in [0.15, 0.2) is 23.8 Å². The lowest BCUT2D eigenvalue weighted by Gasteiger charge is -2.47. The molecular formula is C36H57NO13. The van der Waals surface area contributed by atoms with Gasteiger partial charge in [-0.3, -0.25) is 0 Å². The summed E-state index contributed by atoms with van der Waals surface area (Å²) in [6.45, 7) is 11.7. The number of aryl methyl sites for hydroxylation is 1. The third kappa shape index (κ3) is 15.6. The molecule has 50 heavy (non-hydrogen) atoms. The van der Waals surface area contributed by atoms with Crippen LogP contribution in [0.3, 0.4) is 0 Å². The average Bonchev–Trinajstić information content (AvgIpc) is 3.06. The Hall–Kier alpha value is -2.85. The maximum Gasteiger partial charge on any atom is 0.337 e. The summed E-state index contributed by atoms with van der Waals surface area (Å²) in [4.78, 5) is 27.8. The number of benzene rings is 1. The van der Waals surface area contributed by atoms with Crippen molar-refractivity contribution < 1.29 is 57.4 Å². The van der Waals surface area contributed by atoms with E-state index >= 15 is 0 Å². The molecule has 1 aliphatic heterocycles. The molecule has 284 valence electrons. The molecule has 0 saturated carbocycles. The Morgan fingerprint density at radius 3 is 2.00 bits per heavy atom. The van der Waals surface area contributed by atoms with Gasteiger partial charge in [0.25, 0.3) is 5.09 Å². The molecule has 2 aliphatic rings. The number of unbranched alkanes of at least 4 members (excludes halogenated alkanes) is 2. The third-order valence-corrected chi connectivity index (χ3v) is 8.59. The minimum absolute atomic E-state index is 0.0759. The average molecular weight is 712 g/mol. The van der Waals surface area contributed by atoms with E-state index in [2.05, 4.69) is 37.8 Å². The number of fused-ring (bicyclic) bond motifs is 3. The first-order valence-electron chi connectivity index (χ1n) is 17.7. The molecule has 0 spiro atoms. The van der Waals surface area contributed by atoms with E-state index in [1.54, 1.807) is 7.11 Å². The number of rotatable bonds is 28. The number of carbonyl (C=O) groups is 1. The van der Waals surface area contributed by atoms with Crippen molar-refractivity contribution in [2.24, 2.45) is 5.92 Å². The highest BCUT2D eigenvalue weighted by atomic mass is 16.9. The van der Waals surface area contributed by atoms with Gasteiger partial charge in [0.1, 0.15) is 23.7 Å². The van der Waals surface area contributed by atoms with Crippen molar-refractivity contribution >= 4 is 5.97 Å². The van der Waals surface area contributed by atoms with Gasteiger partial charge in [-0.2, -0.15) is 0 Å². The molecule has 0 aromatic heterocycles. The Morgan fingerprint density at radius 2 is 1.42 bits per heavy atom. The molecule has 14 heteroatoms. The SMILES string of the molecule is COCCOCCOCCOCCOCCOCCOCC(=O)Oc1cc(CCCCCO[N+](=O)[O-])cc2c1[C@@H]1CC(C)=CC[C@H]1C(C)(C)O2. The summed E-state index contributed by atoms with van der Waals surface area (Å²) in [6, 6.07) is 3.98. The highest BCUT2D eigenvalue weighted by molar-refractivity contribution is 5.75. The number of methoxy groups -OCH3 is 1. The summed E-state index contributed by atoms with van der Waals surface area (Å²) < 4.78 is 50.3. The van der Waals surface area contributed by atoms with Gasteiger partial charge in [0.2, 0.25) is 0 Å². The Bertz CT molecular complexity index is 1170. The molecule has 1 aromatic carbocycles. The lowest BCUT2D eigenvalue weighted by atomic mass is 9.67. The van der Waals surface area contributed by atoms with Crippen LogP contribution in [-0.2, 0) is 49.2 Å². The molecule has 0 bridgehead atoms. The maximum absolute atomic E-state index is 13.0. The zero-order valence-corrected chi connectivity index (χ0v) is 30.3. The van der Waals surface area contributed by atoms with Crippen LogP contribution in [0, 0.1) is 16.0 Å². The van der Waals surface area contributed by atoms with E-state index in [0.29, 0.717) is 91.3 Å². The highest BCUT2D eigenvalue weighted by Gasteiger charge is 2.46. The van der Waals surface area contributed by atoms with Gasteiger partial charge in [0.05, 0.1) is 85.9 Å². The molecule has 0 amide bonds. The molecule has 0 unspecified atom stereocenters. The van der Waals surface area contributed by atoms with E-state index in [0.717, 1.165) is 42.6 Å². The molecule has 3 rings (SSSR count). The van der Waals surface area contributed by atoms with Crippen molar-refractivity contribution in [2.45, 2.75) is 70.8 Å². The smallest absolute Gasteiger partial charge is 0.337 e. The molecule has 2 atom stereocenters. The van der Waals surface area contributed by atoms with Gasteiger partial charge >= 0.3 is 5.97 Å². The number of hydrogen-bond acceptors (Lipinski definition) is 13. The summed E-state index contributed by atoms with van der Waals surface area (Å²) in [5.41, 5.74) is 2.84. The zero-order valence-electron chi connectivity index (χ0n) is 30.3. The number of ether oxygens (including phenoxy) is 9. The van der Waals surface area contributed by atoms with Gasteiger partial charge < -0.3 is 47.5 Å². The van der Waals surface area contributed by atoms with Gasteiger partial charge in [-0.25, -0.2) is 4.79 Å². The first-order valence-corrected chi connectivity index (χ1v) is 17.7. The molecule has 1 heterocycles. The van der Waals surface area contributed by atoms with E-state index in [1.165, 1.54) is 5.57 Å². The van der Waals surface area contributed by atoms with E-state index in [1.807, 2.05) is 6.07 Å². The molecule has 14 nitrogen and oxygen atoms in total. The van der Waals surface area contributed by atoms with E-state index < -0.39 is 11.1 Å². The number of esters is 1. The Balaban J connectivity index is 1.36. The first kappa shape index (κ1) is 41.6. The summed E-state index contributed by atoms with van der Waals surface area (Å²) in [5, 5.41) is 9.64. The van der Waals surface area contributed by atoms with Crippen LogP contribution in [-0.4, -0.2) is 116 Å². The molecule has 0 radical (unpaired) electrons. The lowest BCUT2D eigenvalue weighted by molar-refractivity contribution is -0.757. The summed E-state index contributed by atoms with van der Waals surface area (Å²) in [5.74, 6) is 1.17. The monoisotopic (exact) mass is 711 g/mol. The maximum atomic E-state index is 13.0. The fourth-order valence-corrected chi connectivity index (χ4v) is 6.13. The fourth-order valence-electron chi connectivity index (χ4n) is 6.13. The minimum Gasteiger partial charge on any atom is -0.487 e. The van der Waals surface area contributed by atoms with Crippen LogP contribution in [0.4, 0.5) is 0 Å². The topological polar surface area (TPSA) is 153 Å². The van der Waals surface area contributed by atoms with Gasteiger partial charge in [-0.05, 0) is 70.6 Å². The van der Waals surface area contributed by atoms with E-state index in [4.69, 9.17) is 42.6 Å². The Labute approximate surface area is 296 Å². The minimum atomic E-state index is -0.769. The Morgan fingerprint density at radius 1 is 0.840 bits per heavy atom. The third-order valence-electron chi connectivity index (χ3n) is 8.59. The van der Waals surface area contributed by atoms with Crippen LogP contribution in [0.2, 0.25) is 0 Å². The van der Waals surface area contributed by atoms with Crippen molar-refractivity contribution in [3.63, 3.8) is 0 Å². The Kier molecular flexibility index (Phi) is 19.6. The van der Waals surface area contributed by atoms with Crippen molar-refractivity contribution in [3.8, 4) is 11.5 Å². The molecule has 0 N–H and O–H groups in total. The van der Waals surface area contributed by atoms with Crippen molar-refractivity contribution in [1.29, 1.82) is 0 Å². The lowest BCUT2D eigenvalue weighted by Crippen LogP contribution is -2.45. The number of carbonyl (C=O) groups excluding carboxylic acids is 1. The van der Waals surface area contributed by atoms with E-state index in [-0.39, 0.29) is 37.3 Å². The molecule has 1 aromatic rings. The van der Waals surface area contributed by atoms with Gasteiger partial charge in [0.15, 0.2) is 0 Å². The predicted molar refractivity (Wildman–Crippen MR) is 183 cm³/mol. The second kappa shape index (κ2) is 23.6. The van der Waals surface area contributed by atoms with Crippen LogP contribution >= 0.6 is 0 Å². The summed E-state index contributed by atoms with van der Waals surface area (Å²) >= 11 is 0. The number of allylic oxidation sites excluding steroid dienone is 2. The normalized spacial score (nSPS) is 17.7. The van der Waals surface area contributed by atoms with Gasteiger partial charge in [0, 0.05) is 24.5 Å². The summed E-state index contributed by atoms with van der Waals surface area (Å²) in [6.07, 6.45) is 6.90. The highest BCUT2D eigenvalue weighted by Crippen LogP contribution is 2.54. The van der Waals surface area contributed by atoms with Gasteiger partial charge in [-0.1, -0.05) is 18.1 Å². The predicted octanol–water partition coefficient (Wildman–Crippen LogP) is 4.87. The summed E-state index contributed by atoms with van der Waals surface area (Å²) in [7, 11) is 1.64.